The molecule has 2 saturated heterocycles. The van der Waals surface area contributed by atoms with E-state index in [1.165, 1.54) is 12.1 Å². The van der Waals surface area contributed by atoms with Gasteiger partial charge in [-0.2, -0.15) is 0 Å². The molecular weight excluding hydrogens is 503 g/mol. The van der Waals surface area contributed by atoms with Gasteiger partial charge in [0.15, 0.2) is 0 Å². The molecule has 0 aliphatic carbocycles. The second kappa shape index (κ2) is 12.1. The van der Waals surface area contributed by atoms with Gasteiger partial charge in [-0.3, -0.25) is 14.4 Å². The number of halogens is 1. The molecule has 9 nitrogen and oxygen atoms in total. The third-order valence-electron chi connectivity index (χ3n) is 7.68. The van der Waals surface area contributed by atoms with Crippen LogP contribution in [0.25, 0.3) is 0 Å². The Morgan fingerprint density at radius 2 is 1.87 bits per heavy atom. The third-order valence-corrected chi connectivity index (χ3v) is 7.68. The lowest BCUT2D eigenvalue weighted by molar-refractivity contribution is -0.141. The highest BCUT2D eigenvalue weighted by Gasteiger charge is 2.40. The predicted molar refractivity (Wildman–Crippen MR) is 141 cm³/mol. The highest BCUT2D eigenvalue weighted by Crippen LogP contribution is 2.23. The molecule has 4 atom stereocenters. The monoisotopic (exact) mass is 538 g/mol. The van der Waals surface area contributed by atoms with Gasteiger partial charge in [-0.1, -0.05) is 30.3 Å². The zero-order chi connectivity index (χ0) is 27.4. The van der Waals surface area contributed by atoms with Crippen molar-refractivity contribution in [2.75, 3.05) is 32.8 Å². The van der Waals surface area contributed by atoms with Gasteiger partial charge in [0.05, 0.1) is 24.7 Å². The van der Waals surface area contributed by atoms with E-state index in [-0.39, 0.29) is 30.6 Å². The molecule has 2 aromatic carbocycles. The minimum absolute atomic E-state index is 0.0757. The van der Waals surface area contributed by atoms with Gasteiger partial charge >= 0.3 is 0 Å². The fourth-order valence-corrected chi connectivity index (χ4v) is 5.60. The maximum atomic E-state index is 14.5. The molecule has 5 rings (SSSR count). The summed E-state index contributed by atoms with van der Waals surface area (Å²) < 4.78 is 20.3. The second-order valence-corrected chi connectivity index (χ2v) is 10.6. The fraction of sp³-hybridized carbons (Fsp3) is 0.483. The SMILES string of the molecule is O=C1N[C@H]([C@H](O)C2NCCN(Cc3ccccc3)C2=O)Cc2cc(F)cc(c2)OCCCCN2C[C@@H]1CC2=O. The minimum Gasteiger partial charge on any atom is -0.493 e. The van der Waals surface area contributed by atoms with Crippen molar-refractivity contribution in [2.24, 2.45) is 5.92 Å². The number of rotatable bonds is 4. The molecule has 39 heavy (non-hydrogen) atoms. The summed E-state index contributed by atoms with van der Waals surface area (Å²) in [7, 11) is 0. The average Bonchev–Trinajstić information content (AvgIpc) is 3.29. The summed E-state index contributed by atoms with van der Waals surface area (Å²) >= 11 is 0. The van der Waals surface area contributed by atoms with Crippen LogP contribution >= 0.6 is 0 Å². The molecule has 3 aliphatic rings. The van der Waals surface area contributed by atoms with Crippen molar-refractivity contribution >= 4 is 17.7 Å². The van der Waals surface area contributed by atoms with E-state index in [0.29, 0.717) is 63.5 Å². The number of fused-ring (bicyclic) bond motifs is 4. The van der Waals surface area contributed by atoms with E-state index in [4.69, 9.17) is 4.74 Å². The van der Waals surface area contributed by atoms with E-state index in [1.54, 1.807) is 15.9 Å². The summed E-state index contributed by atoms with van der Waals surface area (Å²) in [6.07, 6.45) is 0.272. The van der Waals surface area contributed by atoms with Crippen LogP contribution in [0, 0.1) is 11.7 Å². The molecule has 3 amide bonds. The van der Waals surface area contributed by atoms with Crippen LogP contribution in [0.15, 0.2) is 48.5 Å². The Bertz CT molecular complexity index is 1200. The quantitative estimate of drug-likeness (QED) is 0.540. The number of aliphatic hydroxyl groups excluding tert-OH is 1. The van der Waals surface area contributed by atoms with Gasteiger partial charge in [0.25, 0.3) is 0 Å². The topological polar surface area (TPSA) is 111 Å². The van der Waals surface area contributed by atoms with Crippen molar-refractivity contribution in [2.45, 2.75) is 50.4 Å². The fourth-order valence-electron chi connectivity index (χ4n) is 5.60. The maximum absolute atomic E-state index is 14.5. The van der Waals surface area contributed by atoms with E-state index in [1.807, 2.05) is 30.3 Å². The number of hydrogen-bond acceptors (Lipinski definition) is 6. The zero-order valence-electron chi connectivity index (χ0n) is 21.9. The van der Waals surface area contributed by atoms with Crippen LogP contribution < -0.4 is 15.4 Å². The normalized spacial score (nSPS) is 25.4. The lowest BCUT2D eigenvalue weighted by atomic mass is 9.93. The Morgan fingerprint density at radius 1 is 1.05 bits per heavy atom. The molecule has 0 saturated carbocycles. The van der Waals surface area contributed by atoms with Crippen LogP contribution in [0.2, 0.25) is 0 Å². The van der Waals surface area contributed by atoms with Gasteiger partial charge in [-0.05, 0) is 42.5 Å². The summed E-state index contributed by atoms with van der Waals surface area (Å²) in [6.45, 7) is 2.57. The van der Waals surface area contributed by atoms with Crippen LogP contribution in [-0.4, -0.2) is 83.6 Å². The average molecular weight is 539 g/mol. The Morgan fingerprint density at radius 3 is 2.69 bits per heavy atom. The van der Waals surface area contributed by atoms with Gasteiger partial charge in [-0.15, -0.1) is 0 Å². The predicted octanol–water partition coefficient (Wildman–Crippen LogP) is 1.24. The van der Waals surface area contributed by atoms with Crippen LogP contribution in [0.1, 0.15) is 30.4 Å². The first-order valence-corrected chi connectivity index (χ1v) is 13.6. The summed E-state index contributed by atoms with van der Waals surface area (Å²) in [5.41, 5.74) is 1.50. The van der Waals surface area contributed by atoms with Gasteiger partial charge in [0, 0.05) is 45.2 Å². The van der Waals surface area contributed by atoms with Gasteiger partial charge in [0.1, 0.15) is 17.6 Å². The first-order valence-electron chi connectivity index (χ1n) is 13.6. The van der Waals surface area contributed by atoms with Crippen molar-refractivity contribution < 1.29 is 28.6 Å². The van der Waals surface area contributed by atoms with Crippen LogP contribution in [-0.2, 0) is 27.3 Å². The van der Waals surface area contributed by atoms with Gasteiger partial charge in [0.2, 0.25) is 17.7 Å². The molecule has 2 fully saturated rings. The third kappa shape index (κ3) is 6.57. The Kier molecular flexibility index (Phi) is 8.42. The van der Waals surface area contributed by atoms with Crippen LogP contribution in [0.3, 0.4) is 0 Å². The number of amides is 3. The molecule has 208 valence electrons. The lowest BCUT2D eigenvalue weighted by Crippen LogP contribution is -2.64. The maximum Gasteiger partial charge on any atom is 0.242 e. The number of aliphatic hydroxyl groups is 1. The summed E-state index contributed by atoms with van der Waals surface area (Å²) in [5, 5.41) is 17.5. The molecule has 10 heteroatoms. The van der Waals surface area contributed by atoms with Crippen LogP contribution in [0.5, 0.6) is 5.75 Å². The molecular formula is C29H35FN4O5. The molecule has 3 aliphatic heterocycles. The number of hydrogen-bond donors (Lipinski definition) is 3. The lowest BCUT2D eigenvalue weighted by Gasteiger charge is -2.38. The highest BCUT2D eigenvalue weighted by atomic mass is 19.1. The number of benzene rings is 2. The number of piperazine rings is 1. The number of nitrogens with zero attached hydrogens (tertiary/aromatic N) is 2. The zero-order valence-corrected chi connectivity index (χ0v) is 21.9. The first kappa shape index (κ1) is 27.1. The van der Waals surface area contributed by atoms with E-state index >= 15 is 0 Å². The molecule has 0 aromatic heterocycles. The number of carbonyl (C=O) groups is 3. The second-order valence-electron chi connectivity index (χ2n) is 10.6. The Balaban J connectivity index is 1.39. The number of nitrogens with one attached hydrogen (secondary N) is 2. The molecule has 4 bridgehead atoms. The number of carbonyl (C=O) groups excluding carboxylic acids is 3. The van der Waals surface area contributed by atoms with E-state index < -0.39 is 29.9 Å². The standard InChI is InChI=1S/C29H35FN4O5/c30-22-12-20-13-23(16-22)39-11-5-4-9-33-18-21(15-25(33)35)28(37)32-24(14-20)27(36)26-29(38)34(10-8-31-26)17-19-6-2-1-3-7-19/h1-3,6-7,12-13,16,21,24,26-27,31,36H,4-5,8-11,14-15,17-18H2,(H,32,37)/t21-,24-,26?,27-/m0/s1. The minimum atomic E-state index is -1.29. The summed E-state index contributed by atoms with van der Waals surface area (Å²) in [5.74, 6) is -1.38. The molecule has 3 N–H and O–H groups in total. The molecule has 1 unspecified atom stereocenters. The Labute approximate surface area is 227 Å². The molecule has 0 radical (unpaired) electrons. The molecule has 0 spiro atoms. The van der Waals surface area contributed by atoms with Crippen molar-refractivity contribution in [3.05, 3.63) is 65.5 Å². The van der Waals surface area contributed by atoms with Crippen molar-refractivity contribution in [3.8, 4) is 5.75 Å². The Hall–Kier alpha value is -3.50. The largest absolute Gasteiger partial charge is 0.493 e. The van der Waals surface area contributed by atoms with Crippen LogP contribution in [0.4, 0.5) is 4.39 Å². The summed E-state index contributed by atoms with van der Waals surface area (Å²) in [4.78, 5) is 42.7. The van der Waals surface area contributed by atoms with E-state index in [0.717, 1.165) is 5.56 Å². The van der Waals surface area contributed by atoms with Crippen molar-refractivity contribution in [3.63, 3.8) is 0 Å². The highest BCUT2D eigenvalue weighted by molar-refractivity contribution is 5.89. The number of ether oxygens (including phenoxy) is 1. The van der Waals surface area contributed by atoms with E-state index in [9.17, 15) is 23.9 Å². The van der Waals surface area contributed by atoms with Gasteiger partial charge < -0.3 is 30.3 Å². The molecule has 2 aromatic rings. The molecule has 3 heterocycles. The van der Waals surface area contributed by atoms with Crippen molar-refractivity contribution in [1.82, 2.24) is 20.4 Å². The van der Waals surface area contributed by atoms with E-state index in [2.05, 4.69) is 10.6 Å². The van der Waals surface area contributed by atoms with Gasteiger partial charge in [-0.25, -0.2) is 4.39 Å². The summed E-state index contributed by atoms with van der Waals surface area (Å²) in [6, 6.07) is 12.1. The van der Waals surface area contributed by atoms with Crippen molar-refractivity contribution in [1.29, 1.82) is 0 Å². The smallest absolute Gasteiger partial charge is 0.242 e. The first-order chi connectivity index (χ1) is 18.9.